The van der Waals surface area contributed by atoms with Gasteiger partial charge in [0.05, 0.1) is 0 Å². The standard InChI is InChI=1S/C14H8ClF5N2S/c1-5-6(15)3-2-4-7(5)21-14(23)22-13-11(19)9(17)8(16)10(18)12(13)20/h2-4H,1H3,(H2,21,22,23). The molecule has 122 valence electrons. The molecule has 0 aliphatic carbocycles. The summed E-state index contributed by atoms with van der Waals surface area (Å²) in [6, 6.07) is 4.79. The first-order valence-electron chi connectivity index (χ1n) is 6.08. The van der Waals surface area contributed by atoms with Crippen molar-refractivity contribution in [3.63, 3.8) is 0 Å². The van der Waals surface area contributed by atoms with E-state index in [9.17, 15) is 22.0 Å². The van der Waals surface area contributed by atoms with E-state index < -0.39 is 34.8 Å². The number of anilines is 2. The fraction of sp³-hybridized carbons (Fsp3) is 0.0714. The summed E-state index contributed by atoms with van der Waals surface area (Å²) in [5, 5.41) is 4.58. The molecule has 2 aromatic carbocycles. The lowest BCUT2D eigenvalue weighted by Crippen LogP contribution is -2.22. The summed E-state index contributed by atoms with van der Waals surface area (Å²) in [6.45, 7) is 1.66. The zero-order chi connectivity index (χ0) is 17.3. The predicted molar refractivity (Wildman–Crippen MR) is 82.3 cm³/mol. The third kappa shape index (κ3) is 3.37. The number of nitrogens with one attached hydrogen (secondary N) is 2. The first-order chi connectivity index (χ1) is 10.7. The van der Waals surface area contributed by atoms with Crippen LogP contribution in [0.15, 0.2) is 18.2 Å². The van der Waals surface area contributed by atoms with Crippen LogP contribution in [0.25, 0.3) is 0 Å². The van der Waals surface area contributed by atoms with Crippen LogP contribution in [0.1, 0.15) is 5.56 Å². The van der Waals surface area contributed by atoms with Gasteiger partial charge in [0.1, 0.15) is 5.69 Å². The SMILES string of the molecule is Cc1c(Cl)cccc1NC(=S)Nc1c(F)c(F)c(F)c(F)c1F. The fourth-order valence-corrected chi connectivity index (χ4v) is 2.11. The van der Waals surface area contributed by atoms with Crippen LogP contribution in [0.3, 0.4) is 0 Å². The maximum absolute atomic E-state index is 13.6. The molecule has 0 aliphatic rings. The molecule has 9 heteroatoms. The second-order valence-electron chi connectivity index (χ2n) is 4.44. The monoisotopic (exact) mass is 366 g/mol. The van der Waals surface area contributed by atoms with Crippen LogP contribution < -0.4 is 10.6 Å². The van der Waals surface area contributed by atoms with Gasteiger partial charge in [0.25, 0.3) is 0 Å². The first kappa shape index (κ1) is 17.4. The highest BCUT2D eigenvalue weighted by atomic mass is 35.5. The third-order valence-corrected chi connectivity index (χ3v) is 3.58. The van der Waals surface area contributed by atoms with Crippen LogP contribution in [0.2, 0.25) is 5.02 Å². The van der Waals surface area contributed by atoms with Gasteiger partial charge >= 0.3 is 0 Å². The number of benzene rings is 2. The van der Waals surface area contributed by atoms with Gasteiger partial charge in [-0.1, -0.05) is 17.7 Å². The van der Waals surface area contributed by atoms with Gasteiger partial charge in [0.2, 0.25) is 5.82 Å². The highest BCUT2D eigenvalue weighted by Crippen LogP contribution is 2.28. The lowest BCUT2D eigenvalue weighted by Gasteiger charge is -2.14. The van der Waals surface area contributed by atoms with Crippen LogP contribution in [-0.2, 0) is 0 Å². The third-order valence-electron chi connectivity index (χ3n) is 2.96. The molecule has 0 radical (unpaired) electrons. The molecule has 2 nitrogen and oxygen atoms in total. The summed E-state index contributed by atoms with van der Waals surface area (Å²) >= 11 is 10.7. The average molecular weight is 367 g/mol. The topological polar surface area (TPSA) is 24.1 Å². The van der Waals surface area contributed by atoms with Crippen molar-refractivity contribution in [1.29, 1.82) is 0 Å². The van der Waals surface area contributed by atoms with E-state index in [1.807, 2.05) is 5.32 Å². The van der Waals surface area contributed by atoms with Gasteiger partial charge in [-0.2, -0.15) is 0 Å². The van der Waals surface area contributed by atoms with E-state index in [1.165, 1.54) is 0 Å². The molecule has 0 saturated carbocycles. The van der Waals surface area contributed by atoms with E-state index >= 15 is 0 Å². The largest absolute Gasteiger partial charge is 0.332 e. The van der Waals surface area contributed by atoms with Gasteiger partial charge < -0.3 is 10.6 Å². The molecule has 0 spiro atoms. The summed E-state index contributed by atoms with van der Waals surface area (Å²) in [5.41, 5.74) is -0.229. The highest BCUT2D eigenvalue weighted by molar-refractivity contribution is 7.80. The summed E-state index contributed by atoms with van der Waals surface area (Å²) in [5.74, 6) is -10.4. The molecule has 0 heterocycles. The maximum atomic E-state index is 13.6. The molecule has 0 aliphatic heterocycles. The minimum absolute atomic E-state index is 0.362. The van der Waals surface area contributed by atoms with Gasteiger partial charge in [-0.25, -0.2) is 22.0 Å². The molecule has 0 amide bonds. The maximum Gasteiger partial charge on any atom is 0.200 e. The number of hydrogen-bond donors (Lipinski definition) is 2. The molecule has 2 aromatic rings. The van der Waals surface area contributed by atoms with Gasteiger partial charge in [-0.15, -0.1) is 0 Å². The van der Waals surface area contributed by atoms with Crippen molar-refractivity contribution in [2.75, 3.05) is 10.6 Å². The van der Waals surface area contributed by atoms with Gasteiger partial charge in [0, 0.05) is 10.7 Å². The summed E-state index contributed by atoms with van der Waals surface area (Å²) in [6.07, 6.45) is 0. The first-order valence-corrected chi connectivity index (χ1v) is 6.87. The van der Waals surface area contributed by atoms with Gasteiger partial charge in [0.15, 0.2) is 28.4 Å². The van der Waals surface area contributed by atoms with E-state index in [-0.39, 0.29) is 5.11 Å². The number of hydrogen-bond acceptors (Lipinski definition) is 1. The van der Waals surface area contributed by atoms with Gasteiger partial charge in [-0.05, 0) is 36.8 Å². The Labute approximate surface area is 138 Å². The Bertz CT molecular complexity index is 768. The van der Waals surface area contributed by atoms with Crippen LogP contribution in [-0.4, -0.2) is 5.11 Å². The zero-order valence-electron chi connectivity index (χ0n) is 11.4. The quantitative estimate of drug-likeness (QED) is 0.332. The van der Waals surface area contributed by atoms with Crippen LogP contribution in [0, 0.1) is 36.0 Å². The minimum atomic E-state index is -2.24. The van der Waals surface area contributed by atoms with E-state index in [4.69, 9.17) is 23.8 Å². The Hall–Kier alpha value is -1.93. The molecule has 0 aromatic heterocycles. The van der Waals surface area contributed by atoms with Crippen molar-refractivity contribution in [3.05, 3.63) is 57.9 Å². The number of thiocarbonyl (C=S) groups is 1. The molecule has 0 bridgehead atoms. The Kier molecular flexibility index (Phi) is 5.06. The molecule has 0 saturated heterocycles. The van der Waals surface area contributed by atoms with Crippen molar-refractivity contribution in [2.45, 2.75) is 6.92 Å². The Morgan fingerprint density at radius 3 is 2.00 bits per heavy atom. The van der Waals surface area contributed by atoms with E-state index in [1.54, 1.807) is 25.1 Å². The number of rotatable bonds is 2. The van der Waals surface area contributed by atoms with Crippen molar-refractivity contribution >= 4 is 40.3 Å². The molecule has 23 heavy (non-hydrogen) atoms. The minimum Gasteiger partial charge on any atom is -0.332 e. The molecule has 0 fully saturated rings. The summed E-state index contributed by atoms with van der Waals surface area (Å²) in [7, 11) is 0. The van der Waals surface area contributed by atoms with Crippen molar-refractivity contribution in [2.24, 2.45) is 0 Å². The summed E-state index contributed by atoms with van der Waals surface area (Å²) in [4.78, 5) is 0. The normalized spacial score (nSPS) is 10.6. The predicted octanol–water partition coefficient (Wildman–Crippen LogP) is 5.15. The van der Waals surface area contributed by atoms with E-state index in [0.717, 1.165) is 0 Å². The number of halogens is 6. The molecule has 2 N–H and O–H groups in total. The average Bonchev–Trinajstić information content (AvgIpc) is 2.52. The lowest BCUT2D eigenvalue weighted by atomic mass is 10.2. The Morgan fingerprint density at radius 2 is 1.43 bits per heavy atom. The lowest BCUT2D eigenvalue weighted by molar-refractivity contribution is 0.382. The molecule has 0 unspecified atom stereocenters. The van der Waals surface area contributed by atoms with E-state index in [0.29, 0.717) is 16.3 Å². The van der Waals surface area contributed by atoms with Gasteiger partial charge in [-0.3, -0.25) is 0 Å². The zero-order valence-corrected chi connectivity index (χ0v) is 13.0. The second-order valence-corrected chi connectivity index (χ2v) is 5.25. The van der Waals surface area contributed by atoms with Crippen molar-refractivity contribution in [1.82, 2.24) is 0 Å². The van der Waals surface area contributed by atoms with Crippen molar-refractivity contribution < 1.29 is 22.0 Å². The van der Waals surface area contributed by atoms with Crippen LogP contribution in [0.5, 0.6) is 0 Å². The molecule has 0 atom stereocenters. The Morgan fingerprint density at radius 1 is 0.913 bits per heavy atom. The van der Waals surface area contributed by atoms with Crippen LogP contribution >= 0.6 is 23.8 Å². The van der Waals surface area contributed by atoms with Crippen molar-refractivity contribution in [3.8, 4) is 0 Å². The highest BCUT2D eigenvalue weighted by Gasteiger charge is 2.26. The Balaban J connectivity index is 2.30. The smallest absolute Gasteiger partial charge is 0.200 e. The second kappa shape index (κ2) is 6.67. The molecule has 2 rings (SSSR count). The van der Waals surface area contributed by atoms with E-state index in [2.05, 4.69) is 5.32 Å². The molecular weight excluding hydrogens is 359 g/mol. The fourth-order valence-electron chi connectivity index (χ4n) is 1.72. The molecular formula is C14H8ClF5N2S. The van der Waals surface area contributed by atoms with Crippen LogP contribution in [0.4, 0.5) is 33.3 Å². The summed E-state index contributed by atoms with van der Waals surface area (Å²) < 4.78 is 66.3.